The third-order valence-electron chi connectivity index (χ3n) is 8.12. The predicted octanol–water partition coefficient (Wildman–Crippen LogP) is 3.54. The SMILES string of the molecule is CC(=O)c1cccc(N(C(=O)Cn2nnc3ccccc32)[C@@H](C(=O)NC[C@@H]2CCCO2)c2ccc(N3CCOCC3)cc2)c1. The largest absolute Gasteiger partial charge is 0.378 e. The molecule has 2 aliphatic rings. The van der Waals surface area contributed by atoms with Crippen LogP contribution in [0.4, 0.5) is 11.4 Å². The molecule has 44 heavy (non-hydrogen) atoms. The van der Waals surface area contributed by atoms with E-state index in [1.807, 2.05) is 48.5 Å². The summed E-state index contributed by atoms with van der Waals surface area (Å²) >= 11 is 0. The summed E-state index contributed by atoms with van der Waals surface area (Å²) in [7, 11) is 0. The standard InChI is InChI=1S/C33H36N6O5/c1-23(40)25-6-4-7-27(20-25)39(31(41)22-38-30-10-3-2-9-29(30)35-36-38)32(33(42)34-21-28-8-5-17-44-28)24-11-13-26(14-12-24)37-15-18-43-19-16-37/h2-4,6-7,9-14,20,28,32H,5,8,15-19,21-22H2,1H3,(H,34,42)/t28-,32+/m0/s1. The maximum atomic E-state index is 14.4. The van der Waals surface area contributed by atoms with Crippen molar-refractivity contribution >= 4 is 40.0 Å². The molecule has 0 spiro atoms. The Morgan fingerprint density at radius 1 is 1.00 bits per heavy atom. The van der Waals surface area contributed by atoms with Crippen molar-refractivity contribution in [3.05, 3.63) is 83.9 Å². The van der Waals surface area contributed by atoms with Crippen LogP contribution in [0.1, 0.15) is 41.7 Å². The van der Waals surface area contributed by atoms with Crippen LogP contribution in [-0.2, 0) is 25.6 Å². The van der Waals surface area contributed by atoms with Crippen molar-refractivity contribution in [2.75, 3.05) is 49.3 Å². The molecule has 0 unspecified atom stereocenters. The van der Waals surface area contributed by atoms with Crippen molar-refractivity contribution in [2.24, 2.45) is 0 Å². The molecule has 0 bridgehead atoms. The monoisotopic (exact) mass is 596 g/mol. The molecule has 0 radical (unpaired) electrons. The number of aromatic nitrogens is 3. The van der Waals surface area contributed by atoms with E-state index >= 15 is 0 Å². The van der Waals surface area contributed by atoms with Crippen LogP contribution in [0.15, 0.2) is 72.8 Å². The maximum Gasteiger partial charge on any atom is 0.249 e. The highest BCUT2D eigenvalue weighted by atomic mass is 16.5. The minimum Gasteiger partial charge on any atom is -0.378 e. The Hall–Kier alpha value is -4.61. The van der Waals surface area contributed by atoms with Crippen molar-refractivity contribution in [3.8, 4) is 0 Å². The van der Waals surface area contributed by atoms with Gasteiger partial charge in [-0.3, -0.25) is 19.3 Å². The van der Waals surface area contributed by atoms with Gasteiger partial charge in [0.2, 0.25) is 11.8 Å². The Kier molecular flexibility index (Phi) is 8.94. The fraction of sp³-hybridized carbons (Fsp3) is 0.364. The fourth-order valence-electron chi connectivity index (χ4n) is 5.77. The van der Waals surface area contributed by atoms with Crippen LogP contribution in [0.2, 0.25) is 0 Å². The number of fused-ring (bicyclic) bond motifs is 1. The molecule has 2 atom stereocenters. The summed E-state index contributed by atoms with van der Waals surface area (Å²) in [6.45, 7) is 5.18. The van der Waals surface area contributed by atoms with Crippen LogP contribution in [-0.4, -0.2) is 78.2 Å². The van der Waals surface area contributed by atoms with Crippen molar-refractivity contribution < 1.29 is 23.9 Å². The Bertz CT molecular complexity index is 1630. The first kappa shape index (κ1) is 29.5. The van der Waals surface area contributed by atoms with Gasteiger partial charge in [0, 0.05) is 43.2 Å². The first-order chi connectivity index (χ1) is 21.5. The van der Waals surface area contributed by atoms with Gasteiger partial charge in [-0.25, -0.2) is 4.68 Å². The van der Waals surface area contributed by atoms with E-state index in [2.05, 4.69) is 20.5 Å². The molecule has 228 valence electrons. The average molecular weight is 597 g/mol. The van der Waals surface area contributed by atoms with E-state index in [-0.39, 0.29) is 30.2 Å². The van der Waals surface area contributed by atoms with E-state index in [1.165, 1.54) is 16.5 Å². The topological polar surface area (TPSA) is 119 Å². The molecule has 2 amide bonds. The Morgan fingerprint density at radius 3 is 2.55 bits per heavy atom. The number of carbonyl (C=O) groups is 3. The summed E-state index contributed by atoms with van der Waals surface area (Å²) in [6, 6.07) is 20.9. The van der Waals surface area contributed by atoms with Gasteiger partial charge in [0.05, 0.1) is 24.8 Å². The minimum absolute atomic E-state index is 0.0741. The molecule has 11 nitrogen and oxygen atoms in total. The van der Waals surface area contributed by atoms with E-state index < -0.39 is 6.04 Å². The lowest BCUT2D eigenvalue weighted by atomic mass is 10.0. The van der Waals surface area contributed by atoms with Gasteiger partial charge >= 0.3 is 0 Å². The summed E-state index contributed by atoms with van der Waals surface area (Å²) in [5.41, 5.74) is 3.88. The molecule has 0 aliphatic carbocycles. The number of nitrogens with one attached hydrogen (secondary N) is 1. The summed E-state index contributed by atoms with van der Waals surface area (Å²) in [5, 5.41) is 11.5. The lowest BCUT2D eigenvalue weighted by Crippen LogP contribution is -2.46. The number of ether oxygens (including phenoxy) is 2. The molecule has 1 aromatic heterocycles. The van der Waals surface area contributed by atoms with E-state index in [0.717, 1.165) is 31.6 Å². The zero-order valence-electron chi connectivity index (χ0n) is 24.7. The highest BCUT2D eigenvalue weighted by molar-refractivity contribution is 6.03. The molecule has 6 rings (SSSR count). The Balaban J connectivity index is 1.39. The minimum atomic E-state index is -1.03. The average Bonchev–Trinajstić information content (AvgIpc) is 3.73. The second-order valence-electron chi connectivity index (χ2n) is 11.1. The molecule has 0 saturated carbocycles. The zero-order chi connectivity index (χ0) is 30.5. The molecule has 3 heterocycles. The number of benzene rings is 3. The van der Waals surface area contributed by atoms with Crippen LogP contribution >= 0.6 is 0 Å². The number of rotatable bonds is 10. The van der Waals surface area contributed by atoms with Crippen LogP contribution in [0.3, 0.4) is 0 Å². The second kappa shape index (κ2) is 13.4. The van der Waals surface area contributed by atoms with Crippen molar-refractivity contribution in [1.82, 2.24) is 20.3 Å². The quantitative estimate of drug-likeness (QED) is 0.276. The number of hydrogen-bond donors (Lipinski definition) is 1. The van der Waals surface area contributed by atoms with E-state index in [1.54, 1.807) is 24.3 Å². The number of hydrogen-bond acceptors (Lipinski definition) is 8. The normalized spacial score (nSPS) is 17.4. The zero-order valence-corrected chi connectivity index (χ0v) is 24.7. The number of para-hydroxylation sites is 1. The van der Waals surface area contributed by atoms with Gasteiger partial charge in [0.25, 0.3) is 0 Å². The highest BCUT2D eigenvalue weighted by Gasteiger charge is 2.34. The maximum absolute atomic E-state index is 14.4. The van der Waals surface area contributed by atoms with Gasteiger partial charge in [-0.05, 0) is 61.7 Å². The molecule has 11 heteroatoms. The Labute approximate surface area is 255 Å². The molecule has 1 N–H and O–H groups in total. The predicted molar refractivity (Wildman–Crippen MR) is 166 cm³/mol. The Morgan fingerprint density at radius 2 is 1.80 bits per heavy atom. The number of morpholine rings is 1. The lowest BCUT2D eigenvalue weighted by molar-refractivity contribution is -0.127. The van der Waals surface area contributed by atoms with E-state index in [4.69, 9.17) is 9.47 Å². The van der Waals surface area contributed by atoms with Gasteiger partial charge in [0.1, 0.15) is 18.1 Å². The smallest absolute Gasteiger partial charge is 0.249 e. The van der Waals surface area contributed by atoms with Crippen molar-refractivity contribution in [2.45, 2.75) is 38.5 Å². The second-order valence-corrected chi connectivity index (χ2v) is 11.1. The number of carbonyl (C=O) groups excluding carboxylic acids is 3. The summed E-state index contributed by atoms with van der Waals surface area (Å²) in [6.07, 6.45) is 1.73. The highest BCUT2D eigenvalue weighted by Crippen LogP contribution is 2.31. The third kappa shape index (κ3) is 6.48. The van der Waals surface area contributed by atoms with Crippen molar-refractivity contribution in [3.63, 3.8) is 0 Å². The van der Waals surface area contributed by atoms with Gasteiger partial charge in [-0.2, -0.15) is 0 Å². The first-order valence-corrected chi connectivity index (χ1v) is 15.0. The number of nitrogens with zero attached hydrogens (tertiary/aromatic N) is 5. The van der Waals surface area contributed by atoms with Crippen LogP contribution in [0.25, 0.3) is 11.0 Å². The lowest BCUT2D eigenvalue weighted by Gasteiger charge is -2.33. The number of amides is 2. The van der Waals surface area contributed by atoms with Gasteiger partial charge in [-0.15, -0.1) is 5.10 Å². The van der Waals surface area contributed by atoms with Crippen LogP contribution in [0, 0.1) is 0 Å². The summed E-state index contributed by atoms with van der Waals surface area (Å²) in [5.74, 6) is -0.865. The van der Waals surface area contributed by atoms with Crippen LogP contribution < -0.4 is 15.1 Å². The molecule has 3 aromatic carbocycles. The summed E-state index contributed by atoms with van der Waals surface area (Å²) < 4.78 is 12.8. The molecule has 2 aliphatic heterocycles. The van der Waals surface area contributed by atoms with Gasteiger partial charge in [-0.1, -0.05) is 41.6 Å². The molecule has 4 aromatic rings. The summed E-state index contributed by atoms with van der Waals surface area (Å²) in [4.78, 5) is 44.6. The third-order valence-corrected chi connectivity index (χ3v) is 8.12. The number of anilines is 2. The molecule has 2 saturated heterocycles. The first-order valence-electron chi connectivity index (χ1n) is 15.0. The van der Waals surface area contributed by atoms with Crippen LogP contribution in [0.5, 0.6) is 0 Å². The number of ketones is 1. The molecule has 2 fully saturated rings. The number of Topliss-reactive ketones (excluding diaryl/α,β-unsaturated/α-hetero) is 1. The molecular formula is C33H36N6O5. The molecular weight excluding hydrogens is 560 g/mol. The van der Waals surface area contributed by atoms with Crippen molar-refractivity contribution in [1.29, 1.82) is 0 Å². The fourth-order valence-corrected chi connectivity index (χ4v) is 5.77. The van der Waals surface area contributed by atoms with E-state index in [9.17, 15) is 14.4 Å². The van der Waals surface area contributed by atoms with E-state index in [0.29, 0.717) is 54.2 Å². The van der Waals surface area contributed by atoms with Gasteiger partial charge < -0.3 is 19.7 Å². The van der Waals surface area contributed by atoms with Gasteiger partial charge in [0.15, 0.2) is 5.78 Å².